The summed E-state index contributed by atoms with van der Waals surface area (Å²) < 4.78 is 41.3. The van der Waals surface area contributed by atoms with E-state index in [2.05, 4.69) is 5.10 Å². The number of hydrogen-bond donors (Lipinski definition) is 1. The summed E-state index contributed by atoms with van der Waals surface area (Å²) in [7, 11) is 0. The fourth-order valence-corrected chi connectivity index (χ4v) is 3.18. The standard InChI is InChI=1S/C21H19F3N4/c1-13-19(9-15-3-5-16(11-25)6-4-15)14(2)28(27-13)18-8-7-17(12-26)20(10-18)21(22,23)24/h3-8,10H,9,11,25H2,1-2H3. The van der Waals surface area contributed by atoms with Crippen LogP contribution in [0, 0.1) is 25.2 Å². The van der Waals surface area contributed by atoms with Gasteiger partial charge < -0.3 is 5.73 Å². The molecule has 1 aromatic heterocycles. The normalized spacial score (nSPS) is 11.5. The van der Waals surface area contributed by atoms with Gasteiger partial charge in [-0.25, -0.2) is 4.68 Å². The molecule has 0 radical (unpaired) electrons. The summed E-state index contributed by atoms with van der Waals surface area (Å²) >= 11 is 0. The first kappa shape index (κ1) is 19.6. The first-order valence-electron chi connectivity index (χ1n) is 8.69. The molecule has 0 atom stereocenters. The lowest BCUT2D eigenvalue weighted by atomic mass is 10.0. The molecular formula is C21H19F3N4. The van der Waals surface area contributed by atoms with E-state index in [4.69, 9.17) is 11.0 Å². The third-order valence-electron chi connectivity index (χ3n) is 4.75. The molecule has 0 fully saturated rings. The van der Waals surface area contributed by atoms with Crippen LogP contribution in [0.3, 0.4) is 0 Å². The van der Waals surface area contributed by atoms with E-state index in [9.17, 15) is 13.2 Å². The van der Waals surface area contributed by atoms with Crippen LogP contribution in [-0.2, 0) is 19.1 Å². The van der Waals surface area contributed by atoms with Gasteiger partial charge in [0.2, 0.25) is 0 Å². The molecule has 28 heavy (non-hydrogen) atoms. The van der Waals surface area contributed by atoms with Gasteiger partial charge >= 0.3 is 6.18 Å². The van der Waals surface area contributed by atoms with Crippen LogP contribution in [0.1, 0.15) is 39.2 Å². The fraction of sp³-hybridized carbons (Fsp3) is 0.238. The summed E-state index contributed by atoms with van der Waals surface area (Å²) in [6, 6.07) is 13.1. The highest BCUT2D eigenvalue weighted by molar-refractivity contribution is 5.48. The average Bonchev–Trinajstić information content (AvgIpc) is 2.95. The molecule has 3 rings (SSSR count). The monoisotopic (exact) mass is 384 g/mol. The third kappa shape index (κ3) is 3.78. The SMILES string of the molecule is Cc1nn(-c2ccc(C#N)c(C(F)(F)F)c2)c(C)c1Cc1ccc(CN)cc1. The van der Waals surface area contributed by atoms with Crippen LogP contribution in [0.25, 0.3) is 5.69 Å². The second-order valence-corrected chi connectivity index (χ2v) is 6.60. The summed E-state index contributed by atoms with van der Waals surface area (Å²) in [5.41, 5.74) is 9.10. The molecule has 0 unspecified atom stereocenters. The minimum Gasteiger partial charge on any atom is -0.326 e. The molecule has 144 valence electrons. The summed E-state index contributed by atoms with van der Waals surface area (Å²) in [4.78, 5) is 0. The van der Waals surface area contributed by atoms with Gasteiger partial charge in [0.05, 0.1) is 28.6 Å². The van der Waals surface area contributed by atoms with E-state index in [0.29, 0.717) is 13.0 Å². The number of aromatic nitrogens is 2. The fourth-order valence-electron chi connectivity index (χ4n) is 3.18. The molecule has 0 bridgehead atoms. The zero-order chi connectivity index (χ0) is 20.5. The lowest BCUT2D eigenvalue weighted by Gasteiger charge is -2.12. The Kier molecular flexibility index (Phi) is 5.25. The minimum atomic E-state index is -4.61. The van der Waals surface area contributed by atoms with Crippen LogP contribution in [0.15, 0.2) is 42.5 Å². The van der Waals surface area contributed by atoms with Crippen molar-refractivity contribution < 1.29 is 13.2 Å². The van der Waals surface area contributed by atoms with Gasteiger partial charge in [-0.15, -0.1) is 0 Å². The van der Waals surface area contributed by atoms with Crippen molar-refractivity contribution in [3.63, 3.8) is 0 Å². The Balaban J connectivity index is 2.01. The van der Waals surface area contributed by atoms with Gasteiger partial charge in [0.25, 0.3) is 0 Å². The van der Waals surface area contributed by atoms with Gasteiger partial charge in [-0.2, -0.15) is 23.5 Å². The Morgan fingerprint density at radius 2 is 1.71 bits per heavy atom. The first-order valence-corrected chi connectivity index (χ1v) is 8.69. The van der Waals surface area contributed by atoms with Gasteiger partial charge in [-0.1, -0.05) is 24.3 Å². The lowest BCUT2D eigenvalue weighted by Crippen LogP contribution is -2.10. The van der Waals surface area contributed by atoms with Crippen LogP contribution >= 0.6 is 0 Å². The quantitative estimate of drug-likeness (QED) is 0.724. The largest absolute Gasteiger partial charge is 0.417 e. The van der Waals surface area contributed by atoms with Crippen molar-refractivity contribution in [1.82, 2.24) is 9.78 Å². The molecule has 1 heterocycles. The number of nitrogens with two attached hydrogens (primary N) is 1. The Morgan fingerprint density at radius 3 is 2.29 bits per heavy atom. The predicted molar refractivity (Wildman–Crippen MR) is 99.9 cm³/mol. The van der Waals surface area contributed by atoms with Crippen molar-refractivity contribution in [3.8, 4) is 11.8 Å². The van der Waals surface area contributed by atoms with Gasteiger partial charge in [0, 0.05) is 24.2 Å². The van der Waals surface area contributed by atoms with Crippen LogP contribution < -0.4 is 5.73 Å². The molecule has 7 heteroatoms. The van der Waals surface area contributed by atoms with Crippen molar-refractivity contribution in [3.05, 3.63) is 81.7 Å². The van der Waals surface area contributed by atoms with E-state index in [1.165, 1.54) is 16.8 Å². The Bertz CT molecular complexity index is 1040. The number of alkyl halides is 3. The van der Waals surface area contributed by atoms with Gasteiger partial charge in [0.1, 0.15) is 0 Å². The number of nitrogens with zero attached hydrogens (tertiary/aromatic N) is 3. The van der Waals surface area contributed by atoms with E-state index >= 15 is 0 Å². The van der Waals surface area contributed by atoms with E-state index in [1.807, 2.05) is 38.1 Å². The zero-order valence-electron chi connectivity index (χ0n) is 15.5. The van der Waals surface area contributed by atoms with Crippen LogP contribution in [0.2, 0.25) is 0 Å². The predicted octanol–water partition coefficient (Wildman–Crippen LogP) is 4.43. The number of benzene rings is 2. The number of rotatable bonds is 4. The number of halogens is 3. The molecule has 2 aromatic carbocycles. The summed E-state index contributed by atoms with van der Waals surface area (Å²) in [5.74, 6) is 0. The highest BCUT2D eigenvalue weighted by atomic mass is 19.4. The van der Waals surface area contributed by atoms with E-state index in [0.717, 1.165) is 34.1 Å². The zero-order valence-corrected chi connectivity index (χ0v) is 15.5. The van der Waals surface area contributed by atoms with Crippen LogP contribution in [-0.4, -0.2) is 9.78 Å². The van der Waals surface area contributed by atoms with Crippen molar-refractivity contribution in [2.75, 3.05) is 0 Å². The molecular weight excluding hydrogens is 365 g/mol. The molecule has 0 spiro atoms. The summed E-state index contributed by atoms with van der Waals surface area (Å²) in [6.45, 7) is 4.13. The van der Waals surface area contributed by atoms with Crippen molar-refractivity contribution in [2.24, 2.45) is 5.73 Å². The maximum Gasteiger partial charge on any atom is 0.417 e. The maximum atomic E-state index is 13.3. The smallest absolute Gasteiger partial charge is 0.326 e. The Hall–Kier alpha value is -3.11. The highest BCUT2D eigenvalue weighted by Gasteiger charge is 2.34. The average molecular weight is 384 g/mol. The van der Waals surface area contributed by atoms with Gasteiger partial charge in [-0.05, 0) is 43.2 Å². The molecule has 0 saturated heterocycles. The number of aryl methyl sites for hydroxylation is 1. The molecule has 0 aliphatic heterocycles. The Morgan fingerprint density at radius 1 is 1.07 bits per heavy atom. The topological polar surface area (TPSA) is 67.6 Å². The lowest BCUT2D eigenvalue weighted by molar-refractivity contribution is -0.137. The molecule has 3 aromatic rings. The summed E-state index contributed by atoms with van der Waals surface area (Å²) in [6.07, 6.45) is -3.99. The van der Waals surface area contributed by atoms with E-state index in [1.54, 1.807) is 6.07 Å². The van der Waals surface area contributed by atoms with E-state index in [-0.39, 0.29) is 5.69 Å². The van der Waals surface area contributed by atoms with Crippen LogP contribution in [0.5, 0.6) is 0 Å². The van der Waals surface area contributed by atoms with Gasteiger partial charge in [0.15, 0.2) is 0 Å². The second-order valence-electron chi connectivity index (χ2n) is 6.60. The third-order valence-corrected chi connectivity index (χ3v) is 4.75. The highest BCUT2D eigenvalue weighted by Crippen LogP contribution is 2.33. The minimum absolute atomic E-state index is 0.275. The Labute approximate surface area is 161 Å². The second kappa shape index (κ2) is 7.49. The van der Waals surface area contributed by atoms with Crippen molar-refractivity contribution in [1.29, 1.82) is 5.26 Å². The maximum absolute atomic E-state index is 13.3. The van der Waals surface area contributed by atoms with Gasteiger partial charge in [-0.3, -0.25) is 0 Å². The molecule has 0 amide bonds. The van der Waals surface area contributed by atoms with Crippen molar-refractivity contribution in [2.45, 2.75) is 33.0 Å². The molecule has 0 aliphatic rings. The molecule has 0 saturated carbocycles. The number of nitriles is 1. The molecule has 0 aliphatic carbocycles. The van der Waals surface area contributed by atoms with Crippen LogP contribution in [0.4, 0.5) is 13.2 Å². The van der Waals surface area contributed by atoms with Crippen molar-refractivity contribution >= 4 is 0 Å². The molecule has 2 N–H and O–H groups in total. The number of hydrogen-bond acceptors (Lipinski definition) is 3. The van der Waals surface area contributed by atoms with E-state index < -0.39 is 17.3 Å². The summed E-state index contributed by atoms with van der Waals surface area (Å²) in [5, 5.41) is 13.4. The molecule has 4 nitrogen and oxygen atoms in total. The first-order chi connectivity index (χ1) is 13.2.